The van der Waals surface area contributed by atoms with Crippen molar-refractivity contribution in [2.75, 3.05) is 0 Å². The Hall–Kier alpha value is -1.30. The first-order valence-electron chi connectivity index (χ1n) is 3.38. The van der Waals surface area contributed by atoms with E-state index in [4.69, 9.17) is 10.7 Å². The summed E-state index contributed by atoms with van der Waals surface area (Å²) >= 11 is 0. The van der Waals surface area contributed by atoms with Crippen LogP contribution in [0.4, 0.5) is 0 Å². The number of allylic oxidation sites excluding steroid dienone is 1. The minimum atomic E-state index is -0.550. The lowest BCUT2D eigenvalue weighted by Crippen LogP contribution is -2.33. The van der Waals surface area contributed by atoms with Gasteiger partial charge in [-0.3, -0.25) is 0 Å². The molecule has 0 aliphatic heterocycles. The molecule has 0 aromatic rings. The Morgan fingerprint density at radius 1 is 1.64 bits per heavy atom. The van der Waals surface area contributed by atoms with Gasteiger partial charge in [0.05, 0.1) is 6.07 Å². The van der Waals surface area contributed by atoms with Gasteiger partial charge >= 0.3 is 0 Å². The highest BCUT2D eigenvalue weighted by Gasteiger charge is 2.11. The molecule has 0 spiro atoms. The fourth-order valence-corrected chi connectivity index (χ4v) is 0.407. The lowest BCUT2D eigenvalue weighted by molar-refractivity contribution is 0.567. The van der Waals surface area contributed by atoms with Crippen molar-refractivity contribution in [3.63, 3.8) is 0 Å². The summed E-state index contributed by atoms with van der Waals surface area (Å²) in [6.45, 7) is 5.23. The molecule has 0 aliphatic carbocycles. The quantitative estimate of drug-likeness (QED) is 0.599. The summed E-state index contributed by atoms with van der Waals surface area (Å²) in [6, 6.07) is 2.08. The second-order valence-corrected chi connectivity index (χ2v) is 2.90. The topological polar surface area (TPSA) is 59.7 Å². The van der Waals surface area contributed by atoms with Crippen LogP contribution >= 0.6 is 0 Å². The summed E-state index contributed by atoms with van der Waals surface area (Å²) in [5.74, 6) is 0. The first-order chi connectivity index (χ1) is 4.98. The van der Waals surface area contributed by atoms with Crippen LogP contribution < -0.4 is 5.32 Å². The molecular formula is C8H13N3. The van der Waals surface area contributed by atoms with Gasteiger partial charge in [0.1, 0.15) is 5.54 Å². The Kier molecular flexibility index (Phi) is 3.32. The molecule has 60 valence electrons. The van der Waals surface area contributed by atoms with Gasteiger partial charge in [-0.1, -0.05) is 0 Å². The average molecular weight is 151 g/mol. The zero-order chi connectivity index (χ0) is 8.91. The van der Waals surface area contributed by atoms with Crippen LogP contribution in [0.15, 0.2) is 12.3 Å². The third kappa shape index (κ3) is 5.16. The number of rotatable bonds is 3. The van der Waals surface area contributed by atoms with Crippen LogP contribution in [0.2, 0.25) is 0 Å². The molecule has 0 atom stereocenters. The summed E-state index contributed by atoms with van der Waals surface area (Å²) in [5.41, 5.74) is -0.0855. The highest BCUT2D eigenvalue weighted by molar-refractivity contribution is 5.89. The molecule has 0 fully saturated rings. The molecule has 0 aliphatic rings. The van der Waals surface area contributed by atoms with Crippen molar-refractivity contribution in [3.05, 3.63) is 12.3 Å². The third-order valence-electron chi connectivity index (χ3n) is 1.06. The van der Waals surface area contributed by atoms with E-state index in [0.29, 0.717) is 5.71 Å². The molecule has 0 saturated heterocycles. The Morgan fingerprint density at radius 2 is 2.18 bits per heavy atom. The second kappa shape index (κ2) is 3.77. The molecule has 0 aromatic heterocycles. The highest BCUT2D eigenvalue weighted by Crippen LogP contribution is 1.97. The van der Waals surface area contributed by atoms with Gasteiger partial charge in [-0.25, -0.2) is 0 Å². The van der Waals surface area contributed by atoms with Crippen LogP contribution in [0.1, 0.15) is 20.8 Å². The Morgan fingerprint density at radius 3 is 2.55 bits per heavy atom. The molecule has 0 heterocycles. The van der Waals surface area contributed by atoms with Crippen molar-refractivity contribution in [1.29, 1.82) is 10.7 Å². The maximum atomic E-state index is 8.56. The van der Waals surface area contributed by atoms with E-state index < -0.39 is 5.54 Å². The van der Waals surface area contributed by atoms with E-state index in [9.17, 15) is 0 Å². The van der Waals surface area contributed by atoms with E-state index in [2.05, 4.69) is 11.4 Å². The zero-order valence-corrected chi connectivity index (χ0v) is 7.10. The smallest absolute Gasteiger partial charge is 0.119 e. The van der Waals surface area contributed by atoms with Gasteiger partial charge in [-0.05, 0) is 33.0 Å². The number of hydrogen-bond acceptors (Lipinski definition) is 3. The molecule has 2 N–H and O–H groups in total. The predicted octanol–water partition coefficient (Wildman–Crippen LogP) is 1.43. The number of nitrogens with one attached hydrogen (secondary N) is 2. The van der Waals surface area contributed by atoms with Crippen molar-refractivity contribution in [2.45, 2.75) is 26.3 Å². The highest BCUT2D eigenvalue weighted by atomic mass is 14.9. The molecule has 0 radical (unpaired) electrons. The van der Waals surface area contributed by atoms with E-state index in [1.807, 2.05) is 0 Å². The first kappa shape index (κ1) is 9.70. The van der Waals surface area contributed by atoms with Crippen LogP contribution in [0.25, 0.3) is 0 Å². The minimum Gasteiger partial charge on any atom is -0.374 e. The van der Waals surface area contributed by atoms with Crippen LogP contribution in [0.5, 0.6) is 0 Å². The van der Waals surface area contributed by atoms with Gasteiger partial charge in [0, 0.05) is 5.71 Å². The fourth-order valence-electron chi connectivity index (χ4n) is 0.407. The van der Waals surface area contributed by atoms with Crippen molar-refractivity contribution in [1.82, 2.24) is 5.32 Å². The second-order valence-electron chi connectivity index (χ2n) is 2.90. The van der Waals surface area contributed by atoms with E-state index >= 15 is 0 Å². The standard InChI is InChI=1S/C8H13N3/c1-7(10)4-5-11-8(2,3)6-9/h4-5,10-11H,1-3H3/b5-4-,10-7?. The molecule has 0 aromatic carbocycles. The third-order valence-corrected chi connectivity index (χ3v) is 1.06. The van der Waals surface area contributed by atoms with Gasteiger partial charge in [-0.2, -0.15) is 5.26 Å². The molecule has 3 heteroatoms. The van der Waals surface area contributed by atoms with Crippen molar-refractivity contribution in [3.8, 4) is 6.07 Å². The molecule has 0 rings (SSSR count). The monoisotopic (exact) mass is 151 g/mol. The fraction of sp³-hybridized carbons (Fsp3) is 0.500. The van der Waals surface area contributed by atoms with E-state index in [1.54, 1.807) is 33.0 Å². The average Bonchev–Trinajstić information content (AvgIpc) is 1.87. The Balaban J connectivity index is 3.90. The molecular weight excluding hydrogens is 138 g/mol. The lowest BCUT2D eigenvalue weighted by atomic mass is 10.1. The Bertz CT molecular complexity index is 208. The molecule has 11 heavy (non-hydrogen) atoms. The zero-order valence-electron chi connectivity index (χ0n) is 7.10. The molecule has 0 bridgehead atoms. The van der Waals surface area contributed by atoms with Crippen LogP contribution in [0, 0.1) is 16.7 Å². The molecule has 0 saturated carbocycles. The maximum absolute atomic E-state index is 8.56. The normalized spacial score (nSPS) is 11.1. The lowest BCUT2D eigenvalue weighted by Gasteiger charge is -2.14. The summed E-state index contributed by atoms with van der Waals surface area (Å²) in [6.07, 6.45) is 3.23. The van der Waals surface area contributed by atoms with Gasteiger partial charge in [0.15, 0.2) is 0 Å². The van der Waals surface area contributed by atoms with E-state index in [1.165, 1.54) is 0 Å². The SMILES string of the molecule is CC(=N)/C=C\NC(C)(C)C#N. The van der Waals surface area contributed by atoms with Gasteiger partial charge in [0.25, 0.3) is 0 Å². The van der Waals surface area contributed by atoms with Crippen LogP contribution in [-0.2, 0) is 0 Å². The summed E-state index contributed by atoms with van der Waals surface area (Å²) in [5, 5.41) is 18.5. The Labute approximate surface area is 67.2 Å². The minimum absolute atomic E-state index is 0.464. The first-order valence-corrected chi connectivity index (χ1v) is 3.38. The summed E-state index contributed by atoms with van der Waals surface area (Å²) in [7, 11) is 0. The number of nitrogens with zero attached hydrogens (tertiary/aromatic N) is 1. The molecule has 3 nitrogen and oxygen atoms in total. The van der Waals surface area contributed by atoms with Crippen molar-refractivity contribution < 1.29 is 0 Å². The van der Waals surface area contributed by atoms with Gasteiger partial charge < -0.3 is 10.7 Å². The number of nitriles is 1. The summed E-state index contributed by atoms with van der Waals surface area (Å²) in [4.78, 5) is 0. The molecule has 0 amide bonds. The largest absolute Gasteiger partial charge is 0.374 e. The van der Waals surface area contributed by atoms with E-state index in [0.717, 1.165) is 0 Å². The van der Waals surface area contributed by atoms with Crippen molar-refractivity contribution in [2.24, 2.45) is 0 Å². The van der Waals surface area contributed by atoms with Crippen LogP contribution in [-0.4, -0.2) is 11.3 Å². The predicted molar refractivity (Wildman–Crippen MR) is 45.4 cm³/mol. The summed E-state index contributed by atoms with van der Waals surface area (Å²) < 4.78 is 0. The molecule has 0 unspecified atom stereocenters. The van der Waals surface area contributed by atoms with Crippen LogP contribution in [0.3, 0.4) is 0 Å². The maximum Gasteiger partial charge on any atom is 0.119 e. The van der Waals surface area contributed by atoms with E-state index in [-0.39, 0.29) is 0 Å². The van der Waals surface area contributed by atoms with Gasteiger partial charge in [0.2, 0.25) is 0 Å². The van der Waals surface area contributed by atoms with Gasteiger partial charge in [-0.15, -0.1) is 0 Å². The van der Waals surface area contributed by atoms with Crippen molar-refractivity contribution >= 4 is 5.71 Å². The number of hydrogen-bond donors (Lipinski definition) is 2.